The molecule has 1 atom stereocenters. The first-order chi connectivity index (χ1) is 8.81. The van der Waals surface area contributed by atoms with Gasteiger partial charge >= 0.3 is 60.4 Å². The van der Waals surface area contributed by atoms with Crippen LogP contribution in [-0.2, 0) is 14.3 Å². The molecule has 4 nitrogen and oxygen atoms in total. The Morgan fingerprint density at radius 2 is 1.71 bits per heavy atom. The molecule has 0 amide bonds. The van der Waals surface area contributed by atoms with E-state index in [1.54, 1.807) is 0 Å². The zero-order valence-corrected chi connectivity index (χ0v) is 16.7. The fourth-order valence-electron chi connectivity index (χ4n) is 1.96. The summed E-state index contributed by atoms with van der Waals surface area (Å²) in [4.78, 5) is 22.0. The van der Waals surface area contributed by atoms with Gasteiger partial charge in [-0.15, -0.1) is 0 Å². The summed E-state index contributed by atoms with van der Waals surface area (Å²) in [5, 5.41) is 8.59. The first-order valence-corrected chi connectivity index (χ1v) is 7.25. The molecule has 0 aromatic carbocycles. The van der Waals surface area contributed by atoms with Crippen molar-refractivity contribution in [2.75, 3.05) is 0 Å². The minimum absolute atomic E-state index is 0. The van der Waals surface area contributed by atoms with E-state index in [1.807, 2.05) is 20.8 Å². The predicted molar refractivity (Wildman–Crippen MR) is 77.2 cm³/mol. The third-order valence-electron chi connectivity index (χ3n) is 3.64. The van der Waals surface area contributed by atoms with Crippen LogP contribution >= 0.6 is 0 Å². The van der Waals surface area contributed by atoms with E-state index in [2.05, 4.69) is 6.92 Å². The van der Waals surface area contributed by atoms with E-state index in [4.69, 9.17) is 9.84 Å². The third kappa shape index (κ3) is 12.7. The SMILES string of the molecule is CCCCCCCC(C)(OC(=O)CC(=O)O)C(C)C.[H-].[H-].[Li+].[Na+]. The number of carbonyl (C=O) groups excluding carboxylic acids is 1. The minimum Gasteiger partial charge on any atom is -1.00 e. The van der Waals surface area contributed by atoms with Crippen LogP contribution in [0.3, 0.4) is 0 Å². The summed E-state index contributed by atoms with van der Waals surface area (Å²) in [6.07, 6.45) is 6.01. The maximum atomic E-state index is 11.5. The number of carbonyl (C=O) groups is 2. The van der Waals surface area contributed by atoms with Gasteiger partial charge in [0.25, 0.3) is 0 Å². The van der Waals surface area contributed by atoms with Crippen molar-refractivity contribution in [3.05, 3.63) is 0 Å². The molecule has 1 unspecified atom stereocenters. The molecular weight excluding hydrogens is 274 g/mol. The van der Waals surface area contributed by atoms with Gasteiger partial charge in [-0.25, -0.2) is 0 Å². The Bertz CT molecular complexity index is 307. The van der Waals surface area contributed by atoms with Crippen LogP contribution in [0.15, 0.2) is 0 Å². The van der Waals surface area contributed by atoms with Gasteiger partial charge in [-0.2, -0.15) is 0 Å². The molecule has 0 fully saturated rings. The molecule has 1 N–H and O–H groups in total. The fourth-order valence-corrected chi connectivity index (χ4v) is 1.96. The van der Waals surface area contributed by atoms with Crippen LogP contribution in [0.1, 0.15) is 75.5 Å². The molecule has 0 bridgehead atoms. The maximum absolute atomic E-state index is 11.5. The second kappa shape index (κ2) is 14.2. The molecule has 0 aliphatic heterocycles. The molecule has 116 valence electrons. The predicted octanol–water partition coefficient (Wildman–Crippen LogP) is -1.99. The Kier molecular flexibility index (Phi) is 17.8. The number of carboxylic acids is 1. The Balaban J connectivity index is -0.000000270. The molecule has 0 aromatic heterocycles. The molecule has 6 heteroatoms. The zero-order valence-electron chi connectivity index (χ0n) is 16.7. The quantitative estimate of drug-likeness (QED) is 0.220. The van der Waals surface area contributed by atoms with Gasteiger partial charge in [0.05, 0.1) is 0 Å². The standard InChI is InChI=1S/C15H28O4.Li.Na.2H/c1-5-6-7-8-9-10-15(4,12(2)3)19-14(18)11-13(16)17;;;;/h12H,5-11H2,1-4H3,(H,16,17);;;;/q;2*+1;2*-1. The van der Waals surface area contributed by atoms with Gasteiger partial charge in [0.2, 0.25) is 0 Å². The van der Waals surface area contributed by atoms with Crippen LogP contribution in [0, 0.1) is 5.92 Å². The van der Waals surface area contributed by atoms with E-state index in [0.717, 1.165) is 19.3 Å². The molecule has 0 spiro atoms. The van der Waals surface area contributed by atoms with Crippen LogP contribution in [-0.4, -0.2) is 22.6 Å². The van der Waals surface area contributed by atoms with Crippen molar-refractivity contribution in [1.82, 2.24) is 0 Å². The average molecular weight is 304 g/mol. The topological polar surface area (TPSA) is 63.6 Å². The molecule has 0 radical (unpaired) electrons. The van der Waals surface area contributed by atoms with Gasteiger partial charge in [0.15, 0.2) is 0 Å². The molecule has 0 heterocycles. The number of unbranched alkanes of at least 4 members (excludes halogenated alkanes) is 4. The Morgan fingerprint density at radius 1 is 1.19 bits per heavy atom. The summed E-state index contributed by atoms with van der Waals surface area (Å²) in [5.74, 6) is -1.60. The normalized spacial score (nSPS) is 12.8. The number of ether oxygens (including phenoxy) is 1. The second-order valence-electron chi connectivity index (χ2n) is 5.68. The molecule has 0 aliphatic carbocycles. The number of carboxylic acid groups (broad SMARTS) is 1. The smallest absolute Gasteiger partial charge is 1.00 e. The fraction of sp³-hybridized carbons (Fsp3) is 0.867. The second-order valence-corrected chi connectivity index (χ2v) is 5.68. The van der Waals surface area contributed by atoms with E-state index in [0.29, 0.717) is 0 Å². The van der Waals surface area contributed by atoms with Gasteiger partial charge in [-0.1, -0.05) is 46.5 Å². The van der Waals surface area contributed by atoms with Gasteiger partial charge in [0.1, 0.15) is 12.0 Å². The largest absolute Gasteiger partial charge is 1.00 e. The molecule has 0 rings (SSSR count). The van der Waals surface area contributed by atoms with Crippen molar-refractivity contribution in [1.29, 1.82) is 0 Å². The van der Waals surface area contributed by atoms with Gasteiger partial charge in [-0.3, -0.25) is 9.59 Å². The van der Waals surface area contributed by atoms with Crippen LogP contribution in [0.2, 0.25) is 0 Å². The number of rotatable bonds is 10. The number of esters is 1. The summed E-state index contributed by atoms with van der Waals surface area (Å²) in [6, 6.07) is 0. The van der Waals surface area contributed by atoms with Crippen molar-refractivity contribution in [3.8, 4) is 0 Å². The molecular formula is C15H30LiNaO4. The first-order valence-electron chi connectivity index (χ1n) is 7.25. The maximum Gasteiger partial charge on any atom is 1.00 e. The summed E-state index contributed by atoms with van der Waals surface area (Å²) in [5.41, 5.74) is -0.557. The Morgan fingerprint density at radius 3 is 2.14 bits per heavy atom. The van der Waals surface area contributed by atoms with E-state index >= 15 is 0 Å². The first kappa shape index (κ1) is 26.4. The van der Waals surface area contributed by atoms with Gasteiger partial charge in [-0.05, 0) is 25.7 Å². The minimum atomic E-state index is -1.14. The van der Waals surface area contributed by atoms with Gasteiger partial charge in [0, 0.05) is 0 Å². The van der Waals surface area contributed by atoms with Crippen LogP contribution in [0.25, 0.3) is 0 Å². The van der Waals surface area contributed by atoms with E-state index in [1.165, 1.54) is 19.3 Å². The summed E-state index contributed by atoms with van der Waals surface area (Å²) < 4.78 is 5.40. The van der Waals surface area contributed by atoms with Crippen LogP contribution in [0.4, 0.5) is 0 Å². The molecule has 21 heavy (non-hydrogen) atoms. The van der Waals surface area contributed by atoms with Crippen LogP contribution in [0.5, 0.6) is 0 Å². The number of hydrogen-bond donors (Lipinski definition) is 1. The molecule has 0 aromatic rings. The molecule has 0 saturated heterocycles. The summed E-state index contributed by atoms with van der Waals surface area (Å²) in [6.45, 7) is 8.07. The van der Waals surface area contributed by atoms with Crippen molar-refractivity contribution < 1.29 is 70.7 Å². The number of hydrogen-bond acceptors (Lipinski definition) is 3. The zero-order chi connectivity index (χ0) is 14.9. The van der Waals surface area contributed by atoms with Crippen molar-refractivity contribution in [2.45, 2.75) is 78.2 Å². The van der Waals surface area contributed by atoms with E-state index in [9.17, 15) is 9.59 Å². The summed E-state index contributed by atoms with van der Waals surface area (Å²) in [7, 11) is 0. The number of aliphatic carboxylic acids is 1. The summed E-state index contributed by atoms with van der Waals surface area (Å²) >= 11 is 0. The Hall–Kier alpha value is 0.537. The Labute approximate surface area is 166 Å². The van der Waals surface area contributed by atoms with E-state index in [-0.39, 0.29) is 57.2 Å². The van der Waals surface area contributed by atoms with Crippen molar-refractivity contribution in [2.24, 2.45) is 5.92 Å². The third-order valence-corrected chi connectivity index (χ3v) is 3.64. The average Bonchev–Trinajstić information content (AvgIpc) is 2.27. The van der Waals surface area contributed by atoms with E-state index < -0.39 is 24.0 Å². The van der Waals surface area contributed by atoms with Gasteiger partial charge < -0.3 is 12.7 Å². The van der Waals surface area contributed by atoms with Crippen molar-refractivity contribution in [3.63, 3.8) is 0 Å². The van der Waals surface area contributed by atoms with Crippen LogP contribution < -0.4 is 48.4 Å². The molecule has 0 saturated carbocycles. The van der Waals surface area contributed by atoms with Crippen molar-refractivity contribution >= 4 is 11.9 Å². The molecule has 0 aliphatic rings. The monoisotopic (exact) mass is 304 g/mol.